The molecule has 5 aliphatic rings. The molecule has 1 unspecified atom stereocenters. The number of Topliss-reactive ketones (excluding diaryl/α,β-unsaturated/α-hetero) is 1. The molecule has 6 rings (SSSR count). The van der Waals surface area contributed by atoms with Crippen LogP contribution in [0.15, 0.2) is 42.0 Å². The van der Waals surface area contributed by atoms with Crippen molar-refractivity contribution in [2.45, 2.75) is 120 Å². The molecule has 0 heterocycles. The number of carboxylic acids is 1. The molecular weight excluding hydrogens is 560 g/mol. The minimum atomic E-state index is -1.34. The highest BCUT2D eigenvalue weighted by molar-refractivity contribution is 6.06. The highest BCUT2D eigenvalue weighted by atomic mass is 16.5. The Morgan fingerprint density at radius 3 is 2.27 bits per heavy atom. The lowest BCUT2D eigenvalue weighted by molar-refractivity contribution is -0.210. The third-order valence-electron chi connectivity index (χ3n) is 15.5. The second-order valence-electron chi connectivity index (χ2n) is 17.3. The van der Waals surface area contributed by atoms with E-state index >= 15 is 0 Å². The summed E-state index contributed by atoms with van der Waals surface area (Å²) >= 11 is 0. The number of rotatable bonds is 5. The molecule has 0 bridgehead atoms. The summed E-state index contributed by atoms with van der Waals surface area (Å²) in [7, 11) is 0. The van der Waals surface area contributed by atoms with Crippen LogP contribution in [0.1, 0.15) is 119 Å². The van der Waals surface area contributed by atoms with Gasteiger partial charge in [0.25, 0.3) is 0 Å². The van der Waals surface area contributed by atoms with Crippen molar-refractivity contribution in [3.63, 3.8) is 0 Å². The molecule has 0 amide bonds. The van der Waals surface area contributed by atoms with Crippen molar-refractivity contribution in [3.05, 3.63) is 47.5 Å². The number of benzene rings is 1. The molecule has 4 saturated carbocycles. The van der Waals surface area contributed by atoms with Gasteiger partial charge in [0.1, 0.15) is 12.0 Å². The minimum Gasteiger partial charge on any atom is -0.480 e. The topological polar surface area (TPSA) is 80.7 Å². The van der Waals surface area contributed by atoms with Gasteiger partial charge in [0, 0.05) is 5.41 Å². The Morgan fingerprint density at radius 2 is 1.62 bits per heavy atom. The summed E-state index contributed by atoms with van der Waals surface area (Å²) in [5.74, 6) is 0.407. The van der Waals surface area contributed by atoms with Crippen molar-refractivity contribution in [2.75, 3.05) is 0 Å². The van der Waals surface area contributed by atoms with Gasteiger partial charge < -0.3 is 9.84 Å². The smallest absolute Gasteiger partial charge is 0.317 e. The molecule has 0 radical (unpaired) electrons. The minimum absolute atomic E-state index is 0.0253. The lowest BCUT2D eigenvalue weighted by Crippen LogP contribution is -2.68. The summed E-state index contributed by atoms with van der Waals surface area (Å²) in [5.41, 5.74) is -0.483. The van der Waals surface area contributed by atoms with E-state index in [4.69, 9.17) is 4.74 Å². The van der Waals surface area contributed by atoms with Crippen molar-refractivity contribution < 1.29 is 24.2 Å². The molecule has 1 N–H and O–H groups in total. The van der Waals surface area contributed by atoms with Gasteiger partial charge in [-0.05, 0) is 109 Å². The van der Waals surface area contributed by atoms with Crippen LogP contribution in [0.25, 0.3) is 0 Å². The molecule has 246 valence electrons. The van der Waals surface area contributed by atoms with E-state index in [0.717, 1.165) is 50.5 Å². The molecule has 0 aromatic heterocycles. The maximum atomic E-state index is 14.3. The Balaban J connectivity index is 1.41. The Morgan fingerprint density at radius 1 is 0.933 bits per heavy atom. The quantitative estimate of drug-likeness (QED) is 0.203. The van der Waals surface area contributed by atoms with Crippen molar-refractivity contribution in [1.82, 2.24) is 0 Å². The first-order valence-electron chi connectivity index (χ1n) is 17.8. The predicted molar refractivity (Wildman–Crippen MR) is 176 cm³/mol. The van der Waals surface area contributed by atoms with Gasteiger partial charge in [-0.25, -0.2) is 0 Å². The maximum absolute atomic E-state index is 14.3. The lowest BCUT2D eigenvalue weighted by atomic mass is 9.32. The molecule has 1 aromatic carbocycles. The number of carbonyl (C=O) groups excluding carboxylic acids is 2. The predicted octanol–water partition coefficient (Wildman–Crippen LogP) is 9.05. The first kappa shape index (κ1) is 32.5. The van der Waals surface area contributed by atoms with Crippen molar-refractivity contribution in [2.24, 2.45) is 62.1 Å². The summed E-state index contributed by atoms with van der Waals surface area (Å²) in [6.45, 7) is 18.3. The second kappa shape index (κ2) is 10.5. The van der Waals surface area contributed by atoms with E-state index in [2.05, 4.69) is 40.7 Å². The summed E-state index contributed by atoms with van der Waals surface area (Å²) in [6.07, 6.45) is 9.78. The molecule has 0 saturated heterocycles. The summed E-state index contributed by atoms with van der Waals surface area (Å²) < 4.78 is 6.18. The number of hydrogen-bond donors (Lipinski definition) is 1. The summed E-state index contributed by atoms with van der Waals surface area (Å²) in [5, 5.41) is 10.6. The highest BCUT2D eigenvalue weighted by Crippen LogP contribution is 2.76. The molecule has 5 aliphatic carbocycles. The van der Waals surface area contributed by atoms with E-state index in [-0.39, 0.29) is 45.8 Å². The van der Waals surface area contributed by atoms with Crippen LogP contribution in [-0.2, 0) is 25.7 Å². The van der Waals surface area contributed by atoms with Gasteiger partial charge in [-0.15, -0.1) is 0 Å². The van der Waals surface area contributed by atoms with E-state index in [0.29, 0.717) is 31.3 Å². The van der Waals surface area contributed by atoms with Crippen LogP contribution in [-0.4, -0.2) is 22.8 Å². The highest BCUT2D eigenvalue weighted by Gasteiger charge is 2.73. The van der Waals surface area contributed by atoms with Crippen molar-refractivity contribution in [3.8, 4) is 0 Å². The fraction of sp³-hybridized carbons (Fsp3) is 0.725. The summed E-state index contributed by atoms with van der Waals surface area (Å²) in [4.78, 5) is 41.2. The Bertz CT molecular complexity index is 1410. The Kier molecular flexibility index (Phi) is 7.61. The lowest BCUT2D eigenvalue weighted by Gasteiger charge is -2.71. The number of allylic oxidation sites excluding steroid dienone is 2. The number of hydrogen-bond acceptors (Lipinski definition) is 4. The zero-order valence-electron chi connectivity index (χ0n) is 29.0. The van der Waals surface area contributed by atoms with Crippen LogP contribution < -0.4 is 0 Å². The second-order valence-corrected chi connectivity index (χ2v) is 17.3. The van der Waals surface area contributed by atoms with Gasteiger partial charge in [-0.1, -0.05) is 97.4 Å². The fourth-order valence-electron chi connectivity index (χ4n) is 12.6. The third kappa shape index (κ3) is 4.19. The molecule has 4 fully saturated rings. The van der Waals surface area contributed by atoms with E-state index in [1.807, 2.05) is 51.1 Å². The van der Waals surface area contributed by atoms with Gasteiger partial charge >= 0.3 is 11.9 Å². The van der Waals surface area contributed by atoms with E-state index in [9.17, 15) is 19.5 Å². The van der Waals surface area contributed by atoms with Gasteiger partial charge in [0.15, 0.2) is 5.78 Å². The van der Waals surface area contributed by atoms with Crippen LogP contribution in [0.5, 0.6) is 0 Å². The number of fused-ring (bicyclic) bond motifs is 7. The van der Waals surface area contributed by atoms with Crippen LogP contribution in [0.4, 0.5) is 0 Å². The number of esters is 1. The number of carboxylic acid groups (broad SMARTS) is 1. The van der Waals surface area contributed by atoms with Gasteiger partial charge in [-0.3, -0.25) is 14.4 Å². The molecule has 5 nitrogen and oxygen atoms in total. The van der Waals surface area contributed by atoms with E-state index in [1.54, 1.807) is 0 Å². The molecule has 45 heavy (non-hydrogen) atoms. The molecule has 0 aliphatic heterocycles. The zero-order valence-corrected chi connectivity index (χ0v) is 29.0. The van der Waals surface area contributed by atoms with Crippen LogP contribution in [0.2, 0.25) is 0 Å². The molecule has 0 spiro atoms. The number of ether oxygens (including phenoxy) is 1. The maximum Gasteiger partial charge on any atom is 0.317 e. The fourth-order valence-corrected chi connectivity index (χ4v) is 12.6. The van der Waals surface area contributed by atoms with Crippen LogP contribution in [0, 0.1) is 62.1 Å². The van der Waals surface area contributed by atoms with Gasteiger partial charge in [-0.2, -0.15) is 0 Å². The normalized spacial score (nSPS) is 45.2. The SMILES string of the molecule is CCC1(C(=O)O)C[C@]2(C)[C@H]3CC=C4[C@@H]5[C@@H](C)[C@H](C)CC[C@]5(C(=O)OCc5ccccc5)CC[C@@]4(C)[C@]3(C)CC[C@H]2C(C)(C)C1=O. The summed E-state index contributed by atoms with van der Waals surface area (Å²) in [6, 6.07) is 10.0. The van der Waals surface area contributed by atoms with E-state index in [1.165, 1.54) is 5.57 Å². The van der Waals surface area contributed by atoms with Crippen molar-refractivity contribution in [1.29, 1.82) is 0 Å². The first-order chi connectivity index (χ1) is 21.0. The number of ketones is 1. The molecule has 1 aromatic rings. The zero-order chi connectivity index (χ0) is 32.8. The van der Waals surface area contributed by atoms with Crippen LogP contribution in [0.3, 0.4) is 0 Å². The standard InChI is InChI=1S/C40H56O5/c1-9-39(33(42)43)24-36(6)29(35(4,5)32(39)41)18-19-38(8)30(36)16-15-28-31-26(3)25(2)17-20-40(31,22-21-37(28,38)7)34(44)45-23-27-13-11-10-12-14-27/h10-15,25-26,29-31H,9,16-24H2,1-8H3,(H,42,43)/t25-,26+,29+,30-,31+,36+,37-,38-,39?,40+/m1/s1. The largest absolute Gasteiger partial charge is 0.480 e. The molecular formula is C40H56O5. The monoisotopic (exact) mass is 616 g/mol. The van der Waals surface area contributed by atoms with Gasteiger partial charge in [0.2, 0.25) is 0 Å². The average molecular weight is 617 g/mol. The number of carbonyl (C=O) groups is 3. The molecule has 5 heteroatoms. The number of aliphatic carboxylic acids is 1. The molecule has 10 atom stereocenters. The Labute approximate surface area is 271 Å². The van der Waals surface area contributed by atoms with Crippen molar-refractivity contribution >= 4 is 17.7 Å². The van der Waals surface area contributed by atoms with Crippen LogP contribution >= 0.6 is 0 Å². The Hall–Kier alpha value is -2.43. The average Bonchev–Trinajstić information content (AvgIpc) is 3.00. The van der Waals surface area contributed by atoms with E-state index < -0.39 is 22.2 Å². The van der Waals surface area contributed by atoms with Gasteiger partial charge in [0.05, 0.1) is 5.41 Å². The first-order valence-corrected chi connectivity index (χ1v) is 17.8. The third-order valence-corrected chi connectivity index (χ3v) is 15.5.